The summed E-state index contributed by atoms with van der Waals surface area (Å²) in [6.07, 6.45) is 2.95. The van der Waals surface area contributed by atoms with Gasteiger partial charge in [0, 0.05) is 18.2 Å². The van der Waals surface area contributed by atoms with Crippen molar-refractivity contribution in [3.05, 3.63) is 17.0 Å². The van der Waals surface area contributed by atoms with Gasteiger partial charge in [-0.1, -0.05) is 12.1 Å². The fourth-order valence-electron chi connectivity index (χ4n) is 2.67. The molecular formula is C14H23N3O2. The highest BCUT2D eigenvalue weighted by Gasteiger charge is 2.33. The van der Waals surface area contributed by atoms with Gasteiger partial charge in [-0.25, -0.2) is 4.79 Å². The molecule has 2 heterocycles. The van der Waals surface area contributed by atoms with Crippen molar-refractivity contribution in [1.82, 2.24) is 15.4 Å². The topological polar surface area (TPSA) is 58.4 Å². The highest BCUT2D eigenvalue weighted by Crippen LogP contribution is 2.35. The van der Waals surface area contributed by atoms with E-state index in [0.29, 0.717) is 0 Å². The van der Waals surface area contributed by atoms with Crippen molar-refractivity contribution >= 4 is 6.03 Å². The molecule has 1 aromatic rings. The average molecular weight is 265 g/mol. The van der Waals surface area contributed by atoms with Crippen molar-refractivity contribution in [2.24, 2.45) is 0 Å². The summed E-state index contributed by atoms with van der Waals surface area (Å²) in [5.74, 6) is 0.825. The van der Waals surface area contributed by atoms with Gasteiger partial charge in [0.1, 0.15) is 5.76 Å². The lowest BCUT2D eigenvalue weighted by Crippen LogP contribution is -2.43. The van der Waals surface area contributed by atoms with Crippen LogP contribution in [0.4, 0.5) is 4.79 Å². The lowest BCUT2D eigenvalue weighted by Gasteiger charge is -2.26. The predicted molar refractivity (Wildman–Crippen MR) is 72.9 cm³/mol. The second kappa shape index (κ2) is 5.63. The van der Waals surface area contributed by atoms with Crippen LogP contribution >= 0.6 is 0 Å². The second-order valence-corrected chi connectivity index (χ2v) is 5.35. The van der Waals surface area contributed by atoms with Crippen LogP contribution in [0.3, 0.4) is 0 Å². The Balaban J connectivity index is 2.15. The highest BCUT2D eigenvalue weighted by molar-refractivity contribution is 5.75. The number of nitrogens with one attached hydrogen (secondary N) is 1. The highest BCUT2D eigenvalue weighted by atomic mass is 16.5. The van der Waals surface area contributed by atoms with Crippen LogP contribution in [-0.4, -0.2) is 28.7 Å². The van der Waals surface area contributed by atoms with Crippen LogP contribution in [0.15, 0.2) is 4.52 Å². The van der Waals surface area contributed by atoms with Crippen LogP contribution in [0, 0.1) is 13.8 Å². The zero-order chi connectivity index (χ0) is 14.0. The van der Waals surface area contributed by atoms with Gasteiger partial charge in [-0.2, -0.15) is 0 Å². The van der Waals surface area contributed by atoms with E-state index in [0.717, 1.165) is 42.8 Å². The van der Waals surface area contributed by atoms with E-state index in [1.165, 1.54) is 0 Å². The standard InChI is InChI=1S/C14H23N3O2/c1-5-9(2)15-14(18)17-8-6-7-12(17)13-10(3)16-19-11(13)4/h9,12H,5-8H2,1-4H3,(H,15,18). The average Bonchev–Trinajstić information content (AvgIpc) is 2.96. The Morgan fingerprint density at radius 1 is 1.58 bits per heavy atom. The van der Waals surface area contributed by atoms with Crippen molar-refractivity contribution in [1.29, 1.82) is 0 Å². The summed E-state index contributed by atoms with van der Waals surface area (Å²) in [4.78, 5) is 14.2. The summed E-state index contributed by atoms with van der Waals surface area (Å²) in [5.41, 5.74) is 1.97. The Labute approximate surface area is 114 Å². The number of rotatable bonds is 3. The van der Waals surface area contributed by atoms with Crippen LogP contribution in [0.5, 0.6) is 0 Å². The number of carbonyl (C=O) groups excluding carboxylic acids is 1. The zero-order valence-corrected chi connectivity index (χ0v) is 12.2. The van der Waals surface area contributed by atoms with Crippen LogP contribution < -0.4 is 5.32 Å². The second-order valence-electron chi connectivity index (χ2n) is 5.35. The molecular weight excluding hydrogens is 242 g/mol. The van der Waals surface area contributed by atoms with Crippen LogP contribution in [-0.2, 0) is 0 Å². The molecule has 1 aliphatic heterocycles. The Bertz CT molecular complexity index is 436. The fraction of sp³-hybridized carbons (Fsp3) is 0.714. The first-order valence-corrected chi connectivity index (χ1v) is 7.04. The van der Waals surface area contributed by atoms with E-state index >= 15 is 0 Å². The molecule has 0 bridgehead atoms. The Morgan fingerprint density at radius 2 is 2.32 bits per heavy atom. The van der Waals surface area contributed by atoms with E-state index in [1.807, 2.05) is 25.7 Å². The molecule has 106 valence electrons. The maximum atomic E-state index is 12.3. The minimum atomic E-state index is 0.0249. The number of hydrogen-bond donors (Lipinski definition) is 1. The Morgan fingerprint density at radius 3 is 2.89 bits per heavy atom. The van der Waals surface area contributed by atoms with E-state index in [4.69, 9.17) is 4.52 Å². The summed E-state index contributed by atoms with van der Waals surface area (Å²) in [5, 5.41) is 7.04. The third-order valence-corrected chi connectivity index (χ3v) is 3.92. The molecule has 19 heavy (non-hydrogen) atoms. The van der Waals surface area contributed by atoms with Gasteiger partial charge in [0.15, 0.2) is 0 Å². The van der Waals surface area contributed by atoms with Gasteiger partial charge < -0.3 is 14.7 Å². The van der Waals surface area contributed by atoms with Gasteiger partial charge in [-0.05, 0) is 40.0 Å². The number of aryl methyl sites for hydroxylation is 2. The molecule has 5 heteroatoms. The molecule has 1 aromatic heterocycles. The Kier molecular flexibility index (Phi) is 4.12. The maximum absolute atomic E-state index is 12.3. The van der Waals surface area contributed by atoms with Crippen LogP contribution in [0.25, 0.3) is 0 Å². The van der Waals surface area contributed by atoms with Crippen molar-refractivity contribution < 1.29 is 9.32 Å². The minimum absolute atomic E-state index is 0.0249. The van der Waals surface area contributed by atoms with Crippen LogP contribution in [0.2, 0.25) is 0 Å². The molecule has 1 fully saturated rings. The lowest BCUT2D eigenvalue weighted by molar-refractivity contribution is 0.189. The molecule has 1 aliphatic rings. The summed E-state index contributed by atoms with van der Waals surface area (Å²) in [7, 11) is 0. The first-order valence-electron chi connectivity index (χ1n) is 7.04. The lowest BCUT2D eigenvalue weighted by atomic mass is 10.0. The molecule has 0 spiro atoms. The number of aromatic nitrogens is 1. The molecule has 1 saturated heterocycles. The SMILES string of the molecule is CCC(C)NC(=O)N1CCCC1c1c(C)noc1C. The molecule has 2 atom stereocenters. The molecule has 0 radical (unpaired) electrons. The van der Waals surface area contributed by atoms with E-state index in [1.54, 1.807) is 0 Å². The fourth-order valence-corrected chi connectivity index (χ4v) is 2.67. The third-order valence-electron chi connectivity index (χ3n) is 3.92. The first-order chi connectivity index (χ1) is 9.04. The summed E-state index contributed by atoms with van der Waals surface area (Å²) in [6.45, 7) is 8.75. The van der Waals surface area contributed by atoms with E-state index in [9.17, 15) is 4.79 Å². The van der Waals surface area contributed by atoms with Crippen molar-refractivity contribution in [2.75, 3.05) is 6.54 Å². The number of carbonyl (C=O) groups is 1. The molecule has 2 unspecified atom stereocenters. The number of amides is 2. The summed E-state index contributed by atoms with van der Waals surface area (Å²) < 4.78 is 5.23. The number of hydrogen-bond acceptors (Lipinski definition) is 3. The van der Waals surface area contributed by atoms with Gasteiger partial charge in [0.25, 0.3) is 0 Å². The normalized spacial score (nSPS) is 20.6. The van der Waals surface area contributed by atoms with Crippen molar-refractivity contribution in [2.45, 2.75) is 59.0 Å². The number of nitrogens with zero attached hydrogens (tertiary/aromatic N) is 2. The molecule has 0 aliphatic carbocycles. The van der Waals surface area contributed by atoms with Gasteiger partial charge in [0.05, 0.1) is 11.7 Å². The van der Waals surface area contributed by atoms with Gasteiger partial charge in [-0.15, -0.1) is 0 Å². The quantitative estimate of drug-likeness (QED) is 0.914. The molecule has 0 aromatic carbocycles. The smallest absolute Gasteiger partial charge is 0.318 e. The predicted octanol–water partition coefficient (Wildman–Crippen LogP) is 2.94. The summed E-state index contributed by atoms with van der Waals surface area (Å²) >= 11 is 0. The molecule has 2 amide bonds. The maximum Gasteiger partial charge on any atom is 0.318 e. The number of urea groups is 1. The van der Waals surface area contributed by atoms with Gasteiger partial charge in [-0.3, -0.25) is 0 Å². The molecule has 0 saturated carbocycles. The van der Waals surface area contributed by atoms with E-state index in [-0.39, 0.29) is 18.1 Å². The monoisotopic (exact) mass is 265 g/mol. The van der Waals surface area contributed by atoms with Crippen molar-refractivity contribution in [3.8, 4) is 0 Å². The third kappa shape index (κ3) is 2.74. The van der Waals surface area contributed by atoms with Gasteiger partial charge >= 0.3 is 6.03 Å². The van der Waals surface area contributed by atoms with Gasteiger partial charge in [0.2, 0.25) is 0 Å². The molecule has 2 rings (SSSR count). The zero-order valence-electron chi connectivity index (χ0n) is 12.2. The Hall–Kier alpha value is -1.52. The van der Waals surface area contributed by atoms with Crippen LogP contribution in [0.1, 0.15) is 56.2 Å². The minimum Gasteiger partial charge on any atom is -0.361 e. The van der Waals surface area contributed by atoms with E-state index in [2.05, 4.69) is 17.4 Å². The van der Waals surface area contributed by atoms with E-state index < -0.39 is 0 Å². The molecule has 1 N–H and O–H groups in total. The molecule has 5 nitrogen and oxygen atoms in total. The largest absolute Gasteiger partial charge is 0.361 e. The number of likely N-dealkylation sites (tertiary alicyclic amines) is 1. The first kappa shape index (κ1) is 13.9. The summed E-state index contributed by atoms with van der Waals surface area (Å²) in [6, 6.07) is 0.338. The van der Waals surface area contributed by atoms with Crippen molar-refractivity contribution in [3.63, 3.8) is 0 Å².